The molecule has 0 radical (unpaired) electrons. The Kier molecular flexibility index (Phi) is 3.31. The van der Waals surface area contributed by atoms with Gasteiger partial charge in [0.15, 0.2) is 0 Å². The van der Waals surface area contributed by atoms with Crippen LogP contribution in [0.4, 0.5) is 11.4 Å². The second kappa shape index (κ2) is 5.48. The van der Waals surface area contributed by atoms with Crippen molar-refractivity contribution in [2.24, 2.45) is 0 Å². The second-order valence-corrected chi connectivity index (χ2v) is 8.64. The Morgan fingerprint density at radius 1 is 0.731 bits per heavy atom. The maximum absolute atomic E-state index is 2.59. The number of para-hydroxylation sites is 2. The van der Waals surface area contributed by atoms with Gasteiger partial charge in [0.2, 0.25) is 0 Å². The van der Waals surface area contributed by atoms with E-state index in [0.717, 1.165) is 6.42 Å². The van der Waals surface area contributed by atoms with Crippen LogP contribution in [0.25, 0.3) is 0 Å². The van der Waals surface area contributed by atoms with E-state index in [-0.39, 0.29) is 5.41 Å². The summed E-state index contributed by atoms with van der Waals surface area (Å²) in [5.41, 5.74) is 8.83. The fraction of sp³-hybridized carbons (Fsp3) is 0.280. The van der Waals surface area contributed by atoms with Crippen LogP contribution in [0.5, 0.6) is 0 Å². The zero-order valence-corrected chi connectivity index (χ0v) is 15.7. The van der Waals surface area contributed by atoms with Crippen LogP contribution in [-0.4, -0.2) is 6.04 Å². The molecule has 0 N–H and O–H groups in total. The quantitative estimate of drug-likeness (QED) is 0.511. The minimum atomic E-state index is 0.143. The average Bonchev–Trinajstić information content (AvgIpc) is 3.15. The van der Waals surface area contributed by atoms with Gasteiger partial charge in [-0.2, -0.15) is 0 Å². The van der Waals surface area contributed by atoms with E-state index in [1.807, 2.05) is 0 Å². The molecule has 0 bridgehead atoms. The van der Waals surface area contributed by atoms with Gasteiger partial charge in [-0.15, -0.1) is 0 Å². The van der Waals surface area contributed by atoms with Gasteiger partial charge in [0.05, 0.1) is 0 Å². The summed E-state index contributed by atoms with van der Waals surface area (Å²) < 4.78 is 0. The van der Waals surface area contributed by atoms with E-state index in [1.54, 1.807) is 0 Å². The van der Waals surface area contributed by atoms with Crippen LogP contribution in [0, 0.1) is 0 Å². The van der Waals surface area contributed by atoms with Gasteiger partial charge in [0.1, 0.15) is 0 Å². The van der Waals surface area contributed by atoms with E-state index < -0.39 is 0 Å². The van der Waals surface area contributed by atoms with Gasteiger partial charge in [-0.25, -0.2) is 0 Å². The van der Waals surface area contributed by atoms with Crippen LogP contribution in [-0.2, 0) is 11.8 Å². The Hall–Kier alpha value is -2.54. The maximum atomic E-state index is 2.59. The van der Waals surface area contributed by atoms with Crippen molar-refractivity contribution >= 4 is 11.4 Å². The Morgan fingerprint density at radius 2 is 1.35 bits per heavy atom. The maximum Gasteiger partial charge on any atom is 0.0493 e. The molecule has 2 aliphatic rings. The van der Waals surface area contributed by atoms with Crippen LogP contribution in [0.15, 0.2) is 72.8 Å². The molecular weight excluding hydrogens is 314 g/mol. The summed E-state index contributed by atoms with van der Waals surface area (Å²) in [5.74, 6) is 0.425. The van der Waals surface area contributed by atoms with Gasteiger partial charge >= 0.3 is 0 Å². The zero-order valence-electron chi connectivity index (χ0n) is 15.7. The third kappa shape index (κ3) is 2.16. The van der Waals surface area contributed by atoms with Crippen molar-refractivity contribution in [3.63, 3.8) is 0 Å². The fourth-order valence-corrected chi connectivity index (χ4v) is 4.99. The van der Waals surface area contributed by atoms with Gasteiger partial charge in [-0.05, 0) is 46.2 Å². The molecule has 0 fully saturated rings. The highest BCUT2D eigenvalue weighted by Crippen LogP contribution is 2.54. The van der Waals surface area contributed by atoms with E-state index in [9.17, 15) is 0 Å². The first-order valence-corrected chi connectivity index (χ1v) is 9.61. The van der Waals surface area contributed by atoms with Crippen molar-refractivity contribution in [1.29, 1.82) is 0 Å². The number of hydrogen-bond acceptors (Lipinski definition) is 1. The molecule has 0 amide bonds. The lowest BCUT2D eigenvalue weighted by atomic mass is 9.76. The molecule has 2 atom stereocenters. The SMILES string of the molecule is CC(C)(C)c1ccccc1C1c2ccccc2N2c3ccccc3CC12. The molecule has 5 rings (SSSR count). The molecule has 3 aromatic rings. The molecular formula is C25H25N. The van der Waals surface area contributed by atoms with Crippen molar-refractivity contribution < 1.29 is 0 Å². The predicted molar refractivity (Wildman–Crippen MR) is 110 cm³/mol. The normalized spacial score (nSPS) is 20.7. The summed E-state index contributed by atoms with van der Waals surface area (Å²) in [6.45, 7) is 6.98. The Morgan fingerprint density at radius 3 is 2.12 bits per heavy atom. The largest absolute Gasteiger partial charge is 0.337 e. The highest BCUT2D eigenvalue weighted by atomic mass is 15.2. The smallest absolute Gasteiger partial charge is 0.0493 e. The Balaban J connectivity index is 1.73. The highest BCUT2D eigenvalue weighted by Gasteiger charge is 2.45. The molecule has 0 aliphatic carbocycles. The van der Waals surface area contributed by atoms with Crippen LogP contribution >= 0.6 is 0 Å². The minimum Gasteiger partial charge on any atom is -0.337 e. The first-order valence-electron chi connectivity index (χ1n) is 9.61. The van der Waals surface area contributed by atoms with Crippen molar-refractivity contribution in [1.82, 2.24) is 0 Å². The molecule has 0 spiro atoms. The van der Waals surface area contributed by atoms with E-state index in [2.05, 4.69) is 98.5 Å². The lowest BCUT2D eigenvalue weighted by Crippen LogP contribution is -2.28. The third-order valence-corrected chi connectivity index (χ3v) is 6.03. The van der Waals surface area contributed by atoms with Crippen molar-refractivity contribution in [3.8, 4) is 0 Å². The standard InChI is InChI=1S/C25H25N/c1-25(2,3)20-13-7-5-11-18(20)24-19-12-6-9-15-22(19)26-21-14-8-4-10-17(21)16-23(24)26/h4-15,23-24H,16H2,1-3H3. The summed E-state index contributed by atoms with van der Waals surface area (Å²) >= 11 is 0. The Bertz CT molecular complexity index is 979. The van der Waals surface area contributed by atoms with Gasteiger partial charge in [-0.3, -0.25) is 0 Å². The molecule has 2 aliphatic heterocycles. The van der Waals surface area contributed by atoms with Crippen molar-refractivity contribution in [2.75, 3.05) is 4.90 Å². The van der Waals surface area contributed by atoms with Gasteiger partial charge in [0.25, 0.3) is 0 Å². The highest BCUT2D eigenvalue weighted by molar-refractivity contribution is 5.79. The molecule has 0 saturated heterocycles. The summed E-state index contributed by atoms with van der Waals surface area (Å²) in [6, 6.07) is 27.5. The van der Waals surface area contributed by atoms with Crippen molar-refractivity contribution in [3.05, 3.63) is 95.1 Å². The predicted octanol–water partition coefficient (Wildman–Crippen LogP) is 6.19. The van der Waals surface area contributed by atoms with E-state index in [1.165, 1.54) is 33.6 Å². The molecule has 1 heteroatoms. The first-order chi connectivity index (χ1) is 12.6. The number of hydrogen-bond donors (Lipinski definition) is 0. The van der Waals surface area contributed by atoms with Gasteiger partial charge < -0.3 is 4.90 Å². The number of anilines is 2. The van der Waals surface area contributed by atoms with Gasteiger partial charge in [-0.1, -0.05) is 81.4 Å². The monoisotopic (exact) mass is 339 g/mol. The molecule has 130 valence electrons. The zero-order chi connectivity index (χ0) is 17.9. The van der Waals surface area contributed by atoms with Crippen molar-refractivity contribution in [2.45, 2.75) is 44.6 Å². The summed E-state index contributed by atoms with van der Waals surface area (Å²) in [4.78, 5) is 2.59. The van der Waals surface area contributed by atoms with Crippen LogP contribution in [0.1, 0.15) is 48.9 Å². The average molecular weight is 339 g/mol. The van der Waals surface area contributed by atoms with E-state index in [4.69, 9.17) is 0 Å². The Labute approximate surface area is 156 Å². The van der Waals surface area contributed by atoms with Crippen LogP contribution in [0.2, 0.25) is 0 Å². The summed E-state index contributed by atoms with van der Waals surface area (Å²) in [7, 11) is 0. The molecule has 0 saturated carbocycles. The molecule has 26 heavy (non-hydrogen) atoms. The van der Waals surface area contributed by atoms with Gasteiger partial charge in [0, 0.05) is 23.3 Å². The molecule has 2 unspecified atom stereocenters. The van der Waals surface area contributed by atoms with E-state index >= 15 is 0 Å². The first kappa shape index (κ1) is 15.7. The molecule has 2 heterocycles. The number of nitrogens with zero attached hydrogens (tertiary/aromatic N) is 1. The lowest BCUT2D eigenvalue weighted by Gasteiger charge is -2.29. The second-order valence-electron chi connectivity index (χ2n) is 8.64. The minimum absolute atomic E-state index is 0.143. The lowest BCUT2D eigenvalue weighted by molar-refractivity contribution is 0.563. The number of rotatable bonds is 1. The van der Waals surface area contributed by atoms with Crippen LogP contribution < -0.4 is 4.90 Å². The summed E-state index contributed by atoms with van der Waals surface area (Å²) in [6.07, 6.45) is 1.12. The molecule has 3 aromatic carbocycles. The summed E-state index contributed by atoms with van der Waals surface area (Å²) in [5, 5.41) is 0. The fourth-order valence-electron chi connectivity index (χ4n) is 4.99. The van der Waals surface area contributed by atoms with Crippen LogP contribution in [0.3, 0.4) is 0 Å². The molecule has 0 aromatic heterocycles. The number of fused-ring (bicyclic) bond motifs is 5. The third-order valence-electron chi connectivity index (χ3n) is 6.03. The van der Waals surface area contributed by atoms with E-state index in [0.29, 0.717) is 12.0 Å². The number of benzene rings is 3. The topological polar surface area (TPSA) is 3.24 Å². The molecule has 1 nitrogen and oxygen atoms in total.